The van der Waals surface area contributed by atoms with Crippen LogP contribution in [0.25, 0.3) is 0 Å². The third kappa shape index (κ3) is 1.25. The van der Waals surface area contributed by atoms with Crippen LogP contribution in [0.4, 0.5) is 0 Å². The van der Waals surface area contributed by atoms with Crippen LogP contribution in [0.1, 0.15) is 26.7 Å². The first-order valence-electron chi connectivity index (χ1n) is 5.08. The van der Waals surface area contributed by atoms with Gasteiger partial charge >= 0.3 is 0 Å². The third-order valence-electron chi connectivity index (χ3n) is 3.68. The van der Waals surface area contributed by atoms with Crippen molar-refractivity contribution in [3.05, 3.63) is 0 Å². The first-order valence-corrected chi connectivity index (χ1v) is 5.08. The van der Waals surface area contributed by atoms with E-state index in [1.807, 2.05) is 13.8 Å². The summed E-state index contributed by atoms with van der Waals surface area (Å²) in [5, 5.41) is 18.9. The van der Waals surface area contributed by atoms with Crippen molar-refractivity contribution in [3.63, 3.8) is 0 Å². The molecule has 2 N–H and O–H groups in total. The summed E-state index contributed by atoms with van der Waals surface area (Å²) in [4.78, 5) is 13.2. The lowest BCUT2D eigenvalue weighted by Crippen LogP contribution is -2.61. The van der Waals surface area contributed by atoms with Gasteiger partial charge < -0.3 is 15.1 Å². The maximum absolute atomic E-state index is 11.5. The van der Waals surface area contributed by atoms with Crippen molar-refractivity contribution in [1.82, 2.24) is 4.90 Å². The van der Waals surface area contributed by atoms with Gasteiger partial charge in [-0.2, -0.15) is 0 Å². The molecule has 3 unspecified atom stereocenters. The number of carbonyl (C=O) groups excluding carboxylic acids is 1. The van der Waals surface area contributed by atoms with E-state index < -0.39 is 6.10 Å². The van der Waals surface area contributed by atoms with Gasteiger partial charge in [0.15, 0.2) is 0 Å². The Bertz CT molecular complexity index is 264. The lowest BCUT2D eigenvalue weighted by Gasteiger charge is -2.53. The van der Waals surface area contributed by atoms with Gasteiger partial charge in [-0.1, -0.05) is 13.8 Å². The summed E-state index contributed by atoms with van der Waals surface area (Å²) in [5.41, 5.74) is -0.223. The number of amides is 1. The van der Waals surface area contributed by atoms with Crippen molar-refractivity contribution in [2.45, 2.75) is 44.9 Å². The van der Waals surface area contributed by atoms with Crippen LogP contribution in [0.15, 0.2) is 0 Å². The van der Waals surface area contributed by atoms with E-state index in [0.717, 1.165) is 0 Å². The van der Waals surface area contributed by atoms with E-state index in [2.05, 4.69) is 0 Å². The summed E-state index contributed by atoms with van der Waals surface area (Å²) in [6.07, 6.45) is 0.0443. The molecule has 14 heavy (non-hydrogen) atoms. The van der Waals surface area contributed by atoms with Crippen LogP contribution in [-0.4, -0.2) is 45.8 Å². The topological polar surface area (TPSA) is 60.8 Å². The first-order chi connectivity index (χ1) is 6.43. The van der Waals surface area contributed by atoms with Gasteiger partial charge in [-0.3, -0.25) is 4.79 Å². The van der Waals surface area contributed by atoms with Gasteiger partial charge in [-0.05, 0) is 6.42 Å². The van der Waals surface area contributed by atoms with Crippen molar-refractivity contribution in [2.24, 2.45) is 5.41 Å². The van der Waals surface area contributed by atoms with Crippen LogP contribution in [0, 0.1) is 5.41 Å². The highest BCUT2D eigenvalue weighted by Crippen LogP contribution is 2.44. The van der Waals surface area contributed by atoms with Crippen LogP contribution in [0.3, 0.4) is 0 Å². The molecule has 2 aliphatic rings. The fourth-order valence-corrected chi connectivity index (χ4v) is 2.42. The average Bonchev–Trinajstić information content (AvgIpc) is 2.40. The second-order valence-corrected chi connectivity index (χ2v) is 4.99. The van der Waals surface area contributed by atoms with Gasteiger partial charge in [-0.25, -0.2) is 0 Å². The SMILES string of the molecule is CC1(C)C(O)CC1N1CC(O)CC1=O. The molecule has 1 saturated carbocycles. The molecular formula is C10H17NO3. The quantitative estimate of drug-likeness (QED) is 0.611. The highest BCUT2D eigenvalue weighted by Gasteiger charge is 2.52. The maximum atomic E-state index is 11.5. The van der Waals surface area contributed by atoms with E-state index >= 15 is 0 Å². The molecule has 80 valence electrons. The zero-order valence-electron chi connectivity index (χ0n) is 8.60. The Morgan fingerprint density at radius 2 is 2.07 bits per heavy atom. The number of hydrogen-bond donors (Lipinski definition) is 2. The van der Waals surface area contributed by atoms with Crippen molar-refractivity contribution in [2.75, 3.05) is 6.54 Å². The second kappa shape index (κ2) is 2.94. The molecule has 1 aliphatic heterocycles. The number of rotatable bonds is 1. The molecule has 0 radical (unpaired) electrons. The number of β-amino-alcohol motifs (C(OH)–C–C–N with tert-alkyl or cyclic N) is 1. The molecule has 0 aromatic carbocycles. The fraction of sp³-hybridized carbons (Fsp3) is 0.900. The van der Waals surface area contributed by atoms with Crippen LogP contribution < -0.4 is 0 Å². The molecule has 1 heterocycles. The highest BCUT2D eigenvalue weighted by atomic mass is 16.3. The van der Waals surface area contributed by atoms with Gasteiger partial charge in [0.05, 0.1) is 18.6 Å². The summed E-state index contributed by atoms with van der Waals surface area (Å²) in [6.45, 7) is 4.35. The Morgan fingerprint density at radius 3 is 2.43 bits per heavy atom. The lowest BCUT2D eigenvalue weighted by atomic mass is 9.64. The zero-order chi connectivity index (χ0) is 10.5. The zero-order valence-corrected chi connectivity index (χ0v) is 8.60. The van der Waals surface area contributed by atoms with Gasteiger partial charge in [0.1, 0.15) is 0 Å². The maximum Gasteiger partial charge on any atom is 0.225 e. The van der Waals surface area contributed by atoms with E-state index in [4.69, 9.17) is 0 Å². The number of carbonyl (C=O) groups is 1. The van der Waals surface area contributed by atoms with Crippen molar-refractivity contribution >= 4 is 5.91 Å². The summed E-state index contributed by atoms with van der Waals surface area (Å²) >= 11 is 0. The van der Waals surface area contributed by atoms with Crippen molar-refractivity contribution < 1.29 is 15.0 Å². The largest absolute Gasteiger partial charge is 0.392 e. The minimum Gasteiger partial charge on any atom is -0.392 e. The normalized spacial score (nSPS) is 41.3. The van der Waals surface area contributed by atoms with Crippen LogP contribution in [0.2, 0.25) is 0 Å². The van der Waals surface area contributed by atoms with Crippen LogP contribution >= 0.6 is 0 Å². The molecule has 1 amide bonds. The minimum atomic E-state index is -0.518. The molecule has 4 heteroatoms. The van der Waals surface area contributed by atoms with E-state index in [-0.39, 0.29) is 29.9 Å². The van der Waals surface area contributed by atoms with Crippen molar-refractivity contribution in [3.8, 4) is 0 Å². The number of likely N-dealkylation sites (tertiary alicyclic amines) is 1. The predicted octanol–water partition coefficient (Wildman–Crippen LogP) is -0.261. The summed E-state index contributed by atoms with van der Waals surface area (Å²) in [5.74, 6) is 0.0162. The first kappa shape index (κ1) is 9.93. The summed E-state index contributed by atoms with van der Waals surface area (Å²) in [7, 11) is 0. The molecule has 0 bridgehead atoms. The third-order valence-corrected chi connectivity index (χ3v) is 3.68. The summed E-state index contributed by atoms with van der Waals surface area (Å²) in [6, 6.07) is 0.0992. The molecule has 1 saturated heterocycles. The Morgan fingerprint density at radius 1 is 1.43 bits per heavy atom. The van der Waals surface area contributed by atoms with Gasteiger partial charge in [0.2, 0.25) is 5.91 Å². The molecule has 2 fully saturated rings. The van der Waals surface area contributed by atoms with E-state index in [9.17, 15) is 15.0 Å². The van der Waals surface area contributed by atoms with Gasteiger partial charge in [0.25, 0.3) is 0 Å². The molecule has 2 rings (SSSR count). The van der Waals surface area contributed by atoms with Gasteiger partial charge in [-0.15, -0.1) is 0 Å². The van der Waals surface area contributed by atoms with Crippen molar-refractivity contribution in [1.29, 1.82) is 0 Å². The summed E-state index contributed by atoms with van der Waals surface area (Å²) < 4.78 is 0. The number of aliphatic hydroxyl groups is 2. The number of aliphatic hydroxyl groups excluding tert-OH is 2. The lowest BCUT2D eigenvalue weighted by molar-refractivity contribution is -0.150. The fourth-order valence-electron chi connectivity index (χ4n) is 2.42. The molecule has 0 aromatic rings. The molecule has 0 spiro atoms. The number of nitrogens with zero attached hydrogens (tertiary/aromatic N) is 1. The Labute approximate surface area is 83.5 Å². The van der Waals surface area contributed by atoms with E-state index in [0.29, 0.717) is 13.0 Å². The molecule has 1 aliphatic carbocycles. The smallest absolute Gasteiger partial charge is 0.225 e. The monoisotopic (exact) mass is 199 g/mol. The van der Waals surface area contributed by atoms with E-state index in [1.165, 1.54) is 0 Å². The highest BCUT2D eigenvalue weighted by molar-refractivity contribution is 5.79. The average molecular weight is 199 g/mol. The molecule has 3 atom stereocenters. The standard InChI is InChI=1S/C10H17NO3/c1-10(2)7(4-8(10)13)11-5-6(12)3-9(11)14/h6-8,12-13H,3-5H2,1-2H3. The van der Waals surface area contributed by atoms with E-state index in [1.54, 1.807) is 4.90 Å². The number of hydrogen-bond acceptors (Lipinski definition) is 3. The van der Waals surface area contributed by atoms with Crippen LogP contribution in [-0.2, 0) is 4.79 Å². The Kier molecular flexibility index (Phi) is 2.08. The van der Waals surface area contributed by atoms with Crippen LogP contribution in [0.5, 0.6) is 0 Å². The Hall–Kier alpha value is -0.610. The molecular weight excluding hydrogens is 182 g/mol. The van der Waals surface area contributed by atoms with Gasteiger partial charge in [0, 0.05) is 18.0 Å². The predicted molar refractivity (Wildman–Crippen MR) is 50.5 cm³/mol. The second-order valence-electron chi connectivity index (χ2n) is 4.99. The molecule has 0 aromatic heterocycles. The minimum absolute atomic E-state index is 0.0162. The molecule has 4 nitrogen and oxygen atoms in total. The Balaban J connectivity index is 2.07.